The average Bonchev–Trinajstić information content (AvgIpc) is 2.82. The SMILES string of the molecule is CC[C@@H]1Oc2cc(S(=O)(=O)N3CCC[C@H](C(=O)NCc4ccccc4)C3)c(C)cc2NC1=O. The second kappa shape index (κ2) is 9.52. The van der Waals surface area contributed by atoms with Gasteiger partial charge in [0.25, 0.3) is 5.91 Å². The van der Waals surface area contributed by atoms with Crippen LogP contribution in [0.3, 0.4) is 0 Å². The zero-order valence-electron chi connectivity index (χ0n) is 18.8. The van der Waals surface area contributed by atoms with E-state index in [0.29, 0.717) is 49.4 Å². The number of carbonyl (C=O) groups is 2. The molecule has 2 N–H and O–H groups in total. The second-order valence-corrected chi connectivity index (χ2v) is 10.4. The monoisotopic (exact) mass is 471 g/mol. The normalized spacial score (nSPS) is 21.0. The Morgan fingerprint density at radius 1 is 1.24 bits per heavy atom. The van der Waals surface area contributed by atoms with Crippen molar-refractivity contribution in [2.24, 2.45) is 5.92 Å². The first-order valence-corrected chi connectivity index (χ1v) is 12.7. The molecule has 1 saturated heterocycles. The highest BCUT2D eigenvalue weighted by atomic mass is 32.2. The van der Waals surface area contributed by atoms with Crippen molar-refractivity contribution in [3.8, 4) is 5.75 Å². The van der Waals surface area contributed by atoms with Gasteiger partial charge in [0.15, 0.2) is 6.10 Å². The van der Waals surface area contributed by atoms with Crippen molar-refractivity contribution in [3.63, 3.8) is 0 Å². The molecule has 0 unspecified atom stereocenters. The summed E-state index contributed by atoms with van der Waals surface area (Å²) < 4.78 is 34.1. The minimum atomic E-state index is -3.84. The lowest BCUT2D eigenvalue weighted by Gasteiger charge is -2.32. The standard InChI is InChI=1S/C24H29N3O5S/c1-3-20-24(29)26-19-12-16(2)22(13-21(19)32-20)33(30,31)27-11-7-10-18(15-27)23(28)25-14-17-8-5-4-6-9-17/h4-6,8-9,12-13,18,20H,3,7,10-11,14-15H2,1-2H3,(H,25,28)(H,26,29)/t18-,20-/m0/s1. The summed E-state index contributed by atoms with van der Waals surface area (Å²) in [5.41, 5.74) is 1.98. The molecule has 0 aliphatic carbocycles. The maximum atomic E-state index is 13.5. The maximum Gasteiger partial charge on any atom is 0.265 e. The van der Waals surface area contributed by atoms with Crippen molar-refractivity contribution in [1.82, 2.24) is 9.62 Å². The predicted molar refractivity (Wildman–Crippen MR) is 124 cm³/mol. The lowest BCUT2D eigenvalue weighted by atomic mass is 9.99. The topological polar surface area (TPSA) is 105 Å². The number of piperidine rings is 1. The first-order chi connectivity index (χ1) is 15.8. The third kappa shape index (κ3) is 4.89. The average molecular weight is 472 g/mol. The van der Waals surface area contributed by atoms with E-state index < -0.39 is 22.0 Å². The molecule has 2 aromatic rings. The van der Waals surface area contributed by atoms with Crippen molar-refractivity contribution in [3.05, 3.63) is 53.6 Å². The molecule has 1 fully saturated rings. The zero-order valence-corrected chi connectivity index (χ0v) is 19.7. The van der Waals surface area contributed by atoms with Gasteiger partial charge in [-0.1, -0.05) is 37.3 Å². The lowest BCUT2D eigenvalue weighted by Crippen LogP contribution is -2.45. The molecule has 2 atom stereocenters. The van der Waals surface area contributed by atoms with Gasteiger partial charge >= 0.3 is 0 Å². The van der Waals surface area contributed by atoms with E-state index in [0.717, 1.165) is 5.56 Å². The van der Waals surface area contributed by atoms with Crippen molar-refractivity contribution in [2.75, 3.05) is 18.4 Å². The van der Waals surface area contributed by atoms with Crippen molar-refractivity contribution in [1.29, 1.82) is 0 Å². The van der Waals surface area contributed by atoms with Crippen LogP contribution in [0.4, 0.5) is 5.69 Å². The molecule has 0 aromatic heterocycles. The van der Waals surface area contributed by atoms with Gasteiger partial charge in [-0.15, -0.1) is 0 Å². The van der Waals surface area contributed by atoms with E-state index in [-0.39, 0.29) is 23.3 Å². The van der Waals surface area contributed by atoms with E-state index >= 15 is 0 Å². The Morgan fingerprint density at radius 3 is 2.73 bits per heavy atom. The summed E-state index contributed by atoms with van der Waals surface area (Å²) in [6.45, 7) is 4.43. The number of aryl methyl sites for hydroxylation is 1. The van der Waals surface area contributed by atoms with E-state index in [4.69, 9.17) is 4.74 Å². The molecule has 4 rings (SSSR count). The summed E-state index contributed by atoms with van der Waals surface area (Å²) >= 11 is 0. The summed E-state index contributed by atoms with van der Waals surface area (Å²) in [6.07, 6.45) is 1.08. The van der Waals surface area contributed by atoms with Crippen LogP contribution in [0.5, 0.6) is 5.75 Å². The minimum absolute atomic E-state index is 0.134. The van der Waals surface area contributed by atoms with Crippen LogP contribution in [0.15, 0.2) is 47.4 Å². The molecule has 2 heterocycles. The summed E-state index contributed by atoms with van der Waals surface area (Å²) in [6, 6.07) is 12.7. The van der Waals surface area contributed by atoms with Gasteiger partial charge in [0.05, 0.1) is 16.5 Å². The Balaban J connectivity index is 1.50. The highest BCUT2D eigenvalue weighted by molar-refractivity contribution is 7.89. The van der Waals surface area contributed by atoms with Gasteiger partial charge in [-0.2, -0.15) is 4.31 Å². The molecule has 0 bridgehead atoms. The first kappa shape index (κ1) is 23.3. The number of benzene rings is 2. The van der Waals surface area contributed by atoms with E-state index in [1.54, 1.807) is 13.0 Å². The van der Waals surface area contributed by atoms with Crippen molar-refractivity contribution >= 4 is 27.5 Å². The number of anilines is 1. The second-order valence-electron chi connectivity index (χ2n) is 8.52. The molecule has 176 valence electrons. The van der Waals surface area contributed by atoms with Crippen LogP contribution in [-0.4, -0.2) is 43.7 Å². The third-order valence-electron chi connectivity index (χ3n) is 6.15. The molecule has 0 spiro atoms. The van der Waals surface area contributed by atoms with Crippen LogP contribution >= 0.6 is 0 Å². The van der Waals surface area contributed by atoms with Gasteiger partial charge in [0.1, 0.15) is 5.75 Å². The van der Waals surface area contributed by atoms with Gasteiger partial charge in [-0.3, -0.25) is 9.59 Å². The number of hydrogen-bond acceptors (Lipinski definition) is 5. The number of fused-ring (bicyclic) bond motifs is 1. The fourth-order valence-corrected chi connectivity index (χ4v) is 6.02. The predicted octanol–water partition coefficient (Wildman–Crippen LogP) is 2.82. The smallest absolute Gasteiger partial charge is 0.265 e. The fourth-order valence-electron chi connectivity index (χ4n) is 4.27. The molecule has 33 heavy (non-hydrogen) atoms. The molecule has 2 aliphatic rings. The van der Waals surface area contributed by atoms with E-state index in [1.807, 2.05) is 37.3 Å². The molecule has 9 heteroatoms. The number of amides is 2. The number of hydrogen-bond donors (Lipinski definition) is 2. The quantitative estimate of drug-likeness (QED) is 0.674. The van der Waals surface area contributed by atoms with Crippen LogP contribution in [0, 0.1) is 12.8 Å². The summed E-state index contributed by atoms with van der Waals surface area (Å²) in [4.78, 5) is 25.0. The van der Waals surface area contributed by atoms with Crippen LogP contribution in [0.2, 0.25) is 0 Å². The Morgan fingerprint density at radius 2 is 2.00 bits per heavy atom. The van der Waals surface area contributed by atoms with Crippen LogP contribution in [0.1, 0.15) is 37.3 Å². The Hall–Kier alpha value is -2.91. The zero-order chi connectivity index (χ0) is 23.6. The van der Waals surface area contributed by atoms with Gasteiger partial charge in [0, 0.05) is 25.7 Å². The van der Waals surface area contributed by atoms with Gasteiger partial charge < -0.3 is 15.4 Å². The number of ether oxygens (including phenoxy) is 1. The number of nitrogens with zero attached hydrogens (tertiary/aromatic N) is 1. The van der Waals surface area contributed by atoms with E-state index in [1.165, 1.54) is 10.4 Å². The maximum absolute atomic E-state index is 13.5. The van der Waals surface area contributed by atoms with Crippen molar-refractivity contribution in [2.45, 2.75) is 50.7 Å². The van der Waals surface area contributed by atoms with Crippen LogP contribution in [-0.2, 0) is 26.2 Å². The number of nitrogens with one attached hydrogen (secondary N) is 2. The molecular weight excluding hydrogens is 442 g/mol. The summed E-state index contributed by atoms with van der Waals surface area (Å²) in [5, 5.41) is 5.71. The molecule has 8 nitrogen and oxygen atoms in total. The van der Waals surface area contributed by atoms with Gasteiger partial charge in [0.2, 0.25) is 15.9 Å². The largest absolute Gasteiger partial charge is 0.478 e. The fraction of sp³-hybridized carbons (Fsp3) is 0.417. The number of rotatable bonds is 6. The van der Waals surface area contributed by atoms with Gasteiger partial charge in [-0.25, -0.2) is 8.42 Å². The third-order valence-corrected chi connectivity index (χ3v) is 8.16. The minimum Gasteiger partial charge on any atom is -0.478 e. The molecular formula is C24H29N3O5S. The molecule has 2 amide bonds. The summed E-state index contributed by atoms with van der Waals surface area (Å²) in [7, 11) is -3.84. The van der Waals surface area contributed by atoms with Gasteiger partial charge in [-0.05, 0) is 43.4 Å². The molecule has 0 saturated carbocycles. The number of sulfonamides is 1. The highest BCUT2D eigenvalue weighted by Crippen LogP contribution is 2.36. The summed E-state index contributed by atoms with van der Waals surface area (Å²) in [5.74, 6) is -0.437. The highest BCUT2D eigenvalue weighted by Gasteiger charge is 2.35. The Labute approximate surface area is 194 Å². The van der Waals surface area contributed by atoms with E-state index in [2.05, 4.69) is 10.6 Å². The van der Waals surface area contributed by atoms with E-state index in [9.17, 15) is 18.0 Å². The molecule has 2 aliphatic heterocycles. The Bertz CT molecular complexity index is 1150. The first-order valence-electron chi connectivity index (χ1n) is 11.2. The lowest BCUT2D eigenvalue weighted by molar-refractivity contribution is -0.126. The van der Waals surface area contributed by atoms with Crippen molar-refractivity contribution < 1.29 is 22.7 Å². The number of carbonyl (C=O) groups excluding carboxylic acids is 2. The van der Waals surface area contributed by atoms with Crippen LogP contribution in [0.25, 0.3) is 0 Å². The molecule has 0 radical (unpaired) electrons. The Kier molecular flexibility index (Phi) is 6.71. The van der Waals surface area contributed by atoms with Crippen LogP contribution < -0.4 is 15.4 Å². The molecule has 2 aromatic carbocycles.